The van der Waals surface area contributed by atoms with Gasteiger partial charge in [-0.2, -0.15) is 13.2 Å². The zero-order valence-electron chi connectivity index (χ0n) is 12.3. The first-order valence-electron chi connectivity index (χ1n) is 7.19. The number of nitrogens with zero attached hydrogens (tertiary/aromatic N) is 1. The number of amides is 1. The van der Waals surface area contributed by atoms with Crippen molar-refractivity contribution in [3.05, 3.63) is 22.8 Å². The summed E-state index contributed by atoms with van der Waals surface area (Å²) in [5.74, 6) is 0.431. The van der Waals surface area contributed by atoms with E-state index in [1.54, 1.807) is 0 Å². The standard InChI is InChI=1S/C14H17ClF3N3O2/c15-11-5-10(14(16,17)18)7-21-13(11)23-4-3-20-12(22)8-19-6-9-1-2-9/h5,7,9,19H,1-4,6,8H2,(H,20,22). The number of alkyl halides is 3. The van der Waals surface area contributed by atoms with Crippen LogP contribution >= 0.6 is 11.6 Å². The summed E-state index contributed by atoms with van der Waals surface area (Å²) < 4.78 is 42.5. The largest absolute Gasteiger partial charge is 0.475 e. The minimum Gasteiger partial charge on any atom is -0.475 e. The van der Waals surface area contributed by atoms with Crippen molar-refractivity contribution in [3.8, 4) is 5.88 Å². The zero-order chi connectivity index (χ0) is 16.9. The molecule has 0 aromatic carbocycles. The zero-order valence-corrected chi connectivity index (χ0v) is 13.0. The number of rotatable bonds is 8. The molecule has 0 atom stereocenters. The van der Waals surface area contributed by atoms with E-state index in [-0.39, 0.29) is 36.5 Å². The Morgan fingerprint density at radius 2 is 2.17 bits per heavy atom. The lowest BCUT2D eigenvalue weighted by atomic mass is 10.3. The topological polar surface area (TPSA) is 63.2 Å². The second kappa shape index (κ2) is 7.83. The van der Waals surface area contributed by atoms with Gasteiger partial charge in [-0.3, -0.25) is 4.79 Å². The Balaban J connectivity index is 1.66. The maximum atomic E-state index is 12.5. The van der Waals surface area contributed by atoms with E-state index in [0.717, 1.165) is 12.6 Å². The Morgan fingerprint density at radius 3 is 2.78 bits per heavy atom. The molecule has 1 amide bonds. The first-order valence-corrected chi connectivity index (χ1v) is 7.57. The van der Waals surface area contributed by atoms with Crippen molar-refractivity contribution in [2.45, 2.75) is 19.0 Å². The quantitative estimate of drug-likeness (QED) is 0.705. The summed E-state index contributed by atoms with van der Waals surface area (Å²) in [5.41, 5.74) is -0.940. The average molecular weight is 352 g/mol. The van der Waals surface area contributed by atoms with Crippen LogP contribution in [0.25, 0.3) is 0 Å². The summed E-state index contributed by atoms with van der Waals surface area (Å²) in [5, 5.41) is 5.44. The molecule has 0 saturated heterocycles. The van der Waals surface area contributed by atoms with E-state index < -0.39 is 11.7 Å². The highest BCUT2D eigenvalue weighted by atomic mass is 35.5. The smallest absolute Gasteiger partial charge is 0.417 e. The molecule has 0 unspecified atom stereocenters. The van der Waals surface area contributed by atoms with E-state index in [9.17, 15) is 18.0 Å². The van der Waals surface area contributed by atoms with Crippen molar-refractivity contribution in [2.75, 3.05) is 26.2 Å². The molecule has 2 rings (SSSR count). The fourth-order valence-corrected chi connectivity index (χ4v) is 2.02. The van der Waals surface area contributed by atoms with Crippen LogP contribution in [0.1, 0.15) is 18.4 Å². The molecule has 0 aliphatic heterocycles. The van der Waals surface area contributed by atoms with Crippen LogP contribution < -0.4 is 15.4 Å². The van der Waals surface area contributed by atoms with Gasteiger partial charge in [-0.25, -0.2) is 4.98 Å². The molecular weight excluding hydrogens is 335 g/mol. The molecule has 1 aliphatic carbocycles. The van der Waals surface area contributed by atoms with Gasteiger partial charge in [-0.1, -0.05) is 11.6 Å². The first kappa shape index (κ1) is 17.8. The summed E-state index contributed by atoms with van der Waals surface area (Å²) in [6.45, 7) is 1.35. The van der Waals surface area contributed by atoms with Crippen molar-refractivity contribution < 1.29 is 22.7 Å². The van der Waals surface area contributed by atoms with Gasteiger partial charge < -0.3 is 15.4 Å². The van der Waals surface area contributed by atoms with Gasteiger partial charge in [0.2, 0.25) is 11.8 Å². The van der Waals surface area contributed by atoms with Crippen molar-refractivity contribution in [2.24, 2.45) is 5.92 Å². The number of pyridine rings is 1. The molecule has 1 aromatic heterocycles. The molecular formula is C14H17ClF3N3O2. The van der Waals surface area contributed by atoms with E-state index in [1.807, 2.05) is 0 Å². The van der Waals surface area contributed by atoms with Gasteiger partial charge in [0.25, 0.3) is 0 Å². The maximum absolute atomic E-state index is 12.5. The minimum absolute atomic E-state index is 0.0620. The van der Waals surface area contributed by atoms with Crippen LogP contribution in [-0.2, 0) is 11.0 Å². The lowest BCUT2D eigenvalue weighted by Crippen LogP contribution is -2.36. The highest BCUT2D eigenvalue weighted by Gasteiger charge is 2.31. The molecule has 0 radical (unpaired) electrons. The van der Waals surface area contributed by atoms with Crippen molar-refractivity contribution in [1.82, 2.24) is 15.6 Å². The van der Waals surface area contributed by atoms with E-state index in [0.29, 0.717) is 12.1 Å². The Kier molecular flexibility index (Phi) is 6.06. The second-order valence-corrected chi connectivity index (χ2v) is 5.69. The number of hydrogen-bond donors (Lipinski definition) is 2. The SMILES string of the molecule is O=C(CNCC1CC1)NCCOc1ncc(C(F)(F)F)cc1Cl. The Morgan fingerprint density at radius 1 is 1.43 bits per heavy atom. The van der Waals surface area contributed by atoms with Crippen LogP contribution in [0, 0.1) is 5.92 Å². The van der Waals surface area contributed by atoms with Gasteiger partial charge in [0, 0.05) is 6.20 Å². The van der Waals surface area contributed by atoms with Crippen LogP contribution in [0.3, 0.4) is 0 Å². The monoisotopic (exact) mass is 351 g/mol. The number of carbonyl (C=O) groups is 1. The number of nitrogens with one attached hydrogen (secondary N) is 2. The van der Waals surface area contributed by atoms with Crippen molar-refractivity contribution >= 4 is 17.5 Å². The molecule has 1 aromatic rings. The Hall–Kier alpha value is -1.54. The predicted molar refractivity (Wildman–Crippen MR) is 78.3 cm³/mol. The highest BCUT2D eigenvalue weighted by Crippen LogP contribution is 2.33. The van der Waals surface area contributed by atoms with Gasteiger partial charge in [0.1, 0.15) is 11.6 Å². The van der Waals surface area contributed by atoms with Crippen molar-refractivity contribution in [3.63, 3.8) is 0 Å². The summed E-state index contributed by atoms with van der Waals surface area (Å²) in [6.07, 6.45) is -1.43. The third-order valence-corrected chi connectivity index (χ3v) is 3.48. The molecule has 0 bridgehead atoms. The van der Waals surface area contributed by atoms with Crippen LogP contribution in [0.4, 0.5) is 13.2 Å². The molecule has 0 spiro atoms. The molecule has 1 aliphatic rings. The molecule has 1 saturated carbocycles. The molecule has 5 nitrogen and oxygen atoms in total. The fraction of sp³-hybridized carbons (Fsp3) is 0.571. The molecule has 2 N–H and O–H groups in total. The van der Waals surface area contributed by atoms with Gasteiger partial charge in [0.05, 0.1) is 18.7 Å². The maximum Gasteiger partial charge on any atom is 0.417 e. The molecule has 9 heteroatoms. The summed E-state index contributed by atoms with van der Waals surface area (Å²) >= 11 is 5.70. The lowest BCUT2D eigenvalue weighted by Gasteiger charge is -2.11. The molecule has 1 heterocycles. The number of halogens is 4. The van der Waals surface area contributed by atoms with Crippen molar-refractivity contribution in [1.29, 1.82) is 0 Å². The highest BCUT2D eigenvalue weighted by molar-refractivity contribution is 6.31. The van der Waals surface area contributed by atoms with Crippen LogP contribution in [-0.4, -0.2) is 37.1 Å². The summed E-state index contributed by atoms with van der Waals surface area (Å²) in [6, 6.07) is 0.754. The van der Waals surface area contributed by atoms with E-state index >= 15 is 0 Å². The second-order valence-electron chi connectivity index (χ2n) is 5.28. The Labute approximate surface area is 136 Å². The fourth-order valence-electron chi connectivity index (χ4n) is 1.80. The molecule has 128 valence electrons. The summed E-state index contributed by atoms with van der Waals surface area (Å²) in [7, 11) is 0. The van der Waals surface area contributed by atoms with Gasteiger partial charge in [-0.15, -0.1) is 0 Å². The predicted octanol–water partition coefficient (Wildman–Crippen LogP) is 2.25. The van der Waals surface area contributed by atoms with Crippen LogP contribution in [0.2, 0.25) is 5.02 Å². The number of carbonyl (C=O) groups excluding carboxylic acids is 1. The van der Waals surface area contributed by atoms with E-state index in [1.165, 1.54) is 12.8 Å². The van der Waals surface area contributed by atoms with Gasteiger partial charge >= 0.3 is 6.18 Å². The van der Waals surface area contributed by atoms with Crippen LogP contribution in [0.15, 0.2) is 12.3 Å². The number of hydrogen-bond acceptors (Lipinski definition) is 4. The van der Waals surface area contributed by atoms with Gasteiger partial charge in [-0.05, 0) is 31.4 Å². The normalized spacial score (nSPS) is 14.6. The summed E-state index contributed by atoms with van der Waals surface area (Å²) in [4.78, 5) is 15.0. The first-order chi connectivity index (χ1) is 10.9. The number of aromatic nitrogens is 1. The van der Waals surface area contributed by atoms with E-state index in [4.69, 9.17) is 16.3 Å². The third kappa shape index (κ3) is 6.23. The van der Waals surface area contributed by atoms with Crippen LogP contribution in [0.5, 0.6) is 5.88 Å². The average Bonchev–Trinajstić information content (AvgIpc) is 3.28. The molecule has 1 fully saturated rings. The van der Waals surface area contributed by atoms with Gasteiger partial charge in [0.15, 0.2) is 0 Å². The Bertz CT molecular complexity index is 551. The minimum atomic E-state index is -4.50. The van der Waals surface area contributed by atoms with E-state index in [2.05, 4.69) is 15.6 Å². The lowest BCUT2D eigenvalue weighted by molar-refractivity contribution is -0.137. The molecule has 23 heavy (non-hydrogen) atoms. The number of ether oxygens (including phenoxy) is 1. The third-order valence-electron chi connectivity index (χ3n) is 3.21.